The summed E-state index contributed by atoms with van der Waals surface area (Å²) in [5, 5.41) is 9.68. The highest BCUT2D eigenvalue weighted by molar-refractivity contribution is 6.30. The zero-order valence-corrected chi connectivity index (χ0v) is 14.9. The standard InChI is InChI=1S/C21H20ClN3/c1-16(19-3-2-4-20(22)11-19)5-10-21-13-24-15-25(21)14-18-8-6-17(12-23)7-9-18/h2-4,6-9,11,13,15-16H,5,10,14H2,1H3. The Kier molecular flexibility index (Phi) is 5.53. The highest BCUT2D eigenvalue weighted by atomic mass is 35.5. The monoisotopic (exact) mass is 349 g/mol. The van der Waals surface area contributed by atoms with Crippen molar-refractivity contribution in [3.05, 3.63) is 88.5 Å². The molecule has 1 aromatic heterocycles. The second-order valence-electron chi connectivity index (χ2n) is 6.32. The lowest BCUT2D eigenvalue weighted by atomic mass is 9.95. The molecule has 0 aliphatic carbocycles. The molecule has 0 aliphatic heterocycles. The van der Waals surface area contributed by atoms with Gasteiger partial charge >= 0.3 is 0 Å². The van der Waals surface area contributed by atoms with Gasteiger partial charge in [0, 0.05) is 23.5 Å². The van der Waals surface area contributed by atoms with Gasteiger partial charge in [-0.05, 0) is 54.2 Å². The van der Waals surface area contributed by atoms with E-state index in [9.17, 15) is 0 Å². The normalized spacial score (nSPS) is 11.9. The Labute approximate surface area is 153 Å². The molecular formula is C21H20ClN3. The lowest BCUT2D eigenvalue weighted by Gasteiger charge is -2.13. The number of nitriles is 1. The van der Waals surface area contributed by atoms with E-state index in [1.54, 1.807) is 0 Å². The number of hydrogen-bond acceptors (Lipinski definition) is 2. The molecule has 1 heterocycles. The molecule has 0 amide bonds. The topological polar surface area (TPSA) is 41.6 Å². The van der Waals surface area contributed by atoms with Crippen molar-refractivity contribution in [1.82, 2.24) is 9.55 Å². The summed E-state index contributed by atoms with van der Waals surface area (Å²) in [5.41, 5.74) is 4.34. The third-order valence-electron chi connectivity index (χ3n) is 4.49. The maximum atomic E-state index is 8.89. The molecule has 0 bridgehead atoms. The first-order chi connectivity index (χ1) is 12.2. The fraction of sp³-hybridized carbons (Fsp3) is 0.238. The average molecular weight is 350 g/mol. The summed E-state index contributed by atoms with van der Waals surface area (Å²) < 4.78 is 2.17. The van der Waals surface area contributed by atoms with Crippen molar-refractivity contribution in [2.24, 2.45) is 0 Å². The Morgan fingerprint density at radius 2 is 2.00 bits per heavy atom. The Morgan fingerprint density at radius 3 is 2.72 bits per heavy atom. The Bertz CT molecular complexity index is 875. The van der Waals surface area contributed by atoms with Crippen LogP contribution in [-0.4, -0.2) is 9.55 Å². The van der Waals surface area contributed by atoms with E-state index < -0.39 is 0 Å². The molecule has 0 fully saturated rings. The van der Waals surface area contributed by atoms with Gasteiger partial charge in [0.15, 0.2) is 0 Å². The molecule has 3 nitrogen and oxygen atoms in total. The second kappa shape index (κ2) is 8.00. The molecule has 0 N–H and O–H groups in total. The van der Waals surface area contributed by atoms with Crippen molar-refractivity contribution in [3.8, 4) is 6.07 Å². The van der Waals surface area contributed by atoms with Crippen LogP contribution in [-0.2, 0) is 13.0 Å². The predicted molar refractivity (Wildman–Crippen MR) is 101 cm³/mol. The van der Waals surface area contributed by atoms with E-state index in [2.05, 4.69) is 28.6 Å². The van der Waals surface area contributed by atoms with Crippen LogP contribution in [0.3, 0.4) is 0 Å². The fourth-order valence-electron chi connectivity index (χ4n) is 2.92. The molecule has 0 spiro atoms. The number of imidazole rings is 1. The molecule has 0 radical (unpaired) electrons. The number of nitrogens with zero attached hydrogens (tertiary/aromatic N) is 3. The third kappa shape index (κ3) is 4.49. The van der Waals surface area contributed by atoms with Crippen LogP contribution in [0, 0.1) is 11.3 Å². The van der Waals surface area contributed by atoms with Crippen molar-refractivity contribution in [2.75, 3.05) is 0 Å². The molecule has 1 unspecified atom stereocenters. The van der Waals surface area contributed by atoms with E-state index in [1.807, 2.05) is 55.0 Å². The van der Waals surface area contributed by atoms with E-state index in [4.69, 9.17) is 16.9 Å². The van der Waals surface area contributed by atoms with Crippen LogP contribution in [0.2, 0.25) is 5.02 Å². The van der Waals surface area contributed by atoms with Crippen molar-refractivity contribution in [2.45, 2.75) is 32.2 Å². The minimum atomic E-state index is 0.442. The molecule has 0 saturated heterocycles. The van der Waals surface area contributed by atoms with Crippen LogP contribution in [0.4, 0.5) is 0 Å². The highest BCUT2D eigenvalue weighted by Crippen LogP contribution is 2.24. The Balaban J connectivity index is 1.64. The minimum absolute atomic E-state index is 0.442. The van der Waals surface area contributed by atoms with Crippen LogP contribution in [0.25, 0.3) is 0 Å². The minimum Gasteiger partial charge on any atom is -0.330 e. The smallest absolute Gasteiger partial charge is 0.0991 e. The molecule has 25 heavy (non-hydrogen) atoms. The summed E-state index contributed by atoms with van der Waals surface area (Å²) in [6.07, 6.45) is 5.81. The number of rotatable bonds is 6. The third-order valence-corrected chi connectivity index (χ3v) is 4.72. The van der Waals surface area contributed by atoms with Crippen LogP contribution < -0.4 is 0 Å². The van der Waals surface area contributed by atoms with Crippen LogP contribution in [0.1, 0.15) is 41.6 Å². The lowest BCUT2D eigenvalue weighted by Crippen LogP contribution is -2.05. The molecule has 0 aliphatic rings. The van der Waals surface area contributed by atoms with Crippen LogP contribution in [0.5, 0.6) is 0 Å². The van der Waals surface area contributed by atoms with Gasteiger partial charge in [-0.1, -0.05) is 42.8 Å². The second-order valence-corrected chi connectivity index (χ2v) is 6.75. The first-order valence-electron chi connectivity index (χ1n) is 8.39. The predicted octanol–water partition coefficient (Wildman–Crippen LogP) is 5.19. The van der Waals surface area contributed by atoms with Gasteiger partial charge in [0.1, 0.15) is 0 Å². The van der Waals surface area contributed by atoms with E-state index >= 15 is 0 Å². The number of aryl methyl sites for hydroxylation is 1. The number of hydrogen-bond donors (Lipinski definition) is 0. The van der Waals surface area contributed by atoms with E-state index in [1.165, 1.54) is 16.8 Å². The molecular weight excluding hydrogens is 330 g/mol. The van der Waals surface area contributed by atoms with E-state index in [0.717, 1.165) is 24.4 Å². The summed E-state index contributed by atoms with van der Waals surface area (Å²) in [4.78, 5) is 4.31. The molecule has 3 rings (SSSR count). The van der Waals surface area contributed by atoms with Gasteiger partial charge in [-0.3, -0.25) is 0 Å². The van der Waals surface area contributed by atoms with Gasteiger partial charge in [0.25, 0.3) is 0 Å². The van der Waals surface area contributed by atoms with E-state index in [0.29, 0.717) is 11.5 Å². The Morgan fingerprint density at radius 1 is 1.20 bits per heavy atom. The largest absolute Gasteiger partial charge is 0.330 e. The summed E-state index contributed by atoms with van der Waals surface area (Å²) in [6, 6.07) is 17.9. The van der Waals surface area contributed by atoms with Crippen molar-refractivity contribution in [3.63, 3.8) is 0 Å². The summed E-state index contributed by atoms with van der Waals surface area (Å²) in [7, 11) is 0. The molecule has 3 aromatic rings. The molecule has 4 heteroatoms. The van der Waals surface area contributed by atoms with E-state index in [-0.39, 0.29) is 0 Å². The van der Waals surface area contributed by atoms with Gasteiger partial charge in [-0.25, -0.2) is 4.98 Å². The van der Waals surface area contributed by atoms with Crippen molar-refractivity contribution >= 4 is 11.6 Å². The summed E-state index contributed by atoms with van der Waals surface area (Å²) >= 11 is 6.09. The quantitative estimate of drug-likeness (QED) is 0.614. The summed E-state index contributed by atoms with van der Waals surface area (Å²) in [6.45, 7) is 3.00. The molecule has 1 atom stereocenters. The average Bonchev–Trinajstić information content (AvgIpc) is 3.07. The van der Waals surface area contributed by atoms with Crippen LogP contribution in [0.15, 0.2) is 61.1 Å². The Hall–Kier alpha value is -2.57. The highest BCUT2D eigenvalue weighted by Gasteiger charge is 2.09. The number of halogens is 1. The molecule has 126 valence electrons. The van der Waals surface area contributed by atoms with Crippen molar-refractivity contribution < 1.29 is 0 Å². The van der Waals surface area contributed by atoms with Gasteiger partial charge in [-0.15, -0.1) is 0 Å². The fourth-order valence-corrected chi connectivity index (χ4v) is 3.12. The van der Waals surface area contributed by atoms with Gasteiger partial charge < -0.3 is 4.57 Å². The zero-order valence-electron chi connectivity index (χ0n) is 14.2. The first kappa shape index (κ1) is 17.3. The number of benzene rings is 2. The van der Waals surface area contributed by atoms with Gasteiger partial charge in [0.2, 0.25) is 0 Å². The maximum Gasteiger partial charge on any atom is 0.0991 e. The van der Waals surface area contributed by atoms with Gasteiger partial charge in [0.05, 0.1) is 18.0 Å². The summed E-state index contributed by atoms with van der Waals surface area (Å²) in [5.74, 6) is 0.442. The zero-order chi connectivity index (χ0) is 17.6. The van der Waals surface area contributed by atoms with Gasteiger partial charge in [-0.2, -0.15) is 5.26 Å². The lowest BCUT2D eigenvalue weighted by molar-refractivity contribution is 0.640. The van der Waals surface area contributed by atoms with Crippen LogP contribution >= 0.6 is 11.6 Å². The molecule has 0 saturated carbocycles. The first-order valence-corrected chi connectivity index (χ1v) is 8.77. The van der Waals surface area contributed by atoms with Crippen molar-refractivity contribution in [1.29, 1.82) is 5.26 Å². The maximum absolute atomic E-state index is 8.89. The number of aromatic nitrogens is 2. The SMILES string of the molecule is CC(CCc1cncn1Cc1ccc(C#N)cc1)c1cccc(Cl)c1. The molecule has 2 aromatic carbocycles.